The van der Waals surface area contributed by atoms with Crippen LogP contribution in [0.5, 0.6) is 0 Å². The van der Waals surface area contributed by atoms with Gasteiger partial charge in [0, 0.05) is 38.9 Å². The molecule has 5 heteroatoms. The lowest BCUT2D eigenvalue weighted by atomic mass is 10.1. The summed E-state index contributed by atoms with van der Waals surface area (Å²) < 4.78 is 7.60. The molecule has 1 amide bonds. The number of rotatable bonds is 6. The van der Waals surface area contributed by atoms with E-state index in [2.05, 4.69) is 12.0 Å². The number of amides is 1. The zero-order valence-corrected chi connectivity index (χ0v) is 12.5. The quantitative estimate of drug-likeness (QED) is 0.800. The molecule has 20 heavy (non-hydrogen) atoms. The number of carbonyl (C=O) groups is 1. The second-order valence-electron chi connectivity index (χ2n) is 5.51. The monoisotopic (exact) mass is 279 g/mol. The molecule has 0 radical (unpaired) electrons. The summed E-state index contributed by atoms with van der Waals surface area (Å²) in [6.07, 6.45) is 7.67. The van der Waals surface area contributed by atoms with Gasteiger partial charge in [-0.05, 0) is 31.7 Å². The van der Waals surface area contributed by atoms with Gasteiger partial charge in [-0.25, -0.2) is 0 Å². The maximum Gasteiger partial charge on any atom is 0.224 e. The van der Waals surface area contributed by atoms with E-state index in [0.29, 0.717) is 13.0 Å². The Bertz CT molecular complexity index is 431. The molecule has 0 N–H and O–H groups in total. The number of carbonyl (C=O) groups excluding carboxylic acids is 1. The van der Waals surface area contributed by atoms with Crippen molar-refractivity contribution in [3.63, 3.8) is 0 Å². The molecule has 0 aromatic carbocycles. The van der Waals surface area contributed by atoms with E-state index >= 15 is 0 Å². The molecular weight excluding hydrogens is 254 g/mol. The zero-order valence-electron chi connectivity index (χ0n) is 12.5. The van der Waals surface area contributed by atoms with E-state index in [0.717, 1.165) is 44.5 Å². The third kappa shape index (κ3) is 4.34. The van der Waals surface area contributed by atoms with Gasteiger partial charge in [-0.1, -0.05) is 6.92 Å². The average molecular weight is 279 g/mol. The van der Waals surface area contributed by atoms with E-state index in [1.807, 2.05) is 28.9 Å². The van der Waals surface area contributed by atoms with Crippen molar-refractivity contribution in [2.45, 2.75) is 52.2 Å². The van der Waals surface area contributed by atoms with Crippen LogP contribution in [-0.4, -0.2) is 46.4 Å². The lowest BCUT2D eigenvalue weighted by molar-refractivity contribution is -0.135. The van der Waals surface area contributed by atoms with Gasteiger partial charge in [0.15, 0.2) is 0 Å². The fraction of sp³-hybridized carbons (Fsp3) is 0.733. The highest BCUT2D eigenvalue weighted by Gasteiger charge is 2.23. The molecule has 112 valence electrons. The first kappa shape index (κ1) is 15.0. The summed E-state index contributed by atoms with van der Waals surface area (Å²) in [7, 11) is 0. The number of likely N-dealkylation sites (tertiary alicyclic amines) is 1. The Morgan fingerprint density at radius 1 is 1.55 bits per heavy atom. The average Bonchev–Trinajstić information content (AvgIpc) is 2.88. The lowest BCUT2D eigenvalue weighted by Crippen LogP contribution is -2.43. The van der Waals surface area contributed by atoms with Gasteiger partial charge >= 0.3 is 0 Å². The Kier molecular flexibility index (Phi) is 5.59. The van der Waals surface area contributed by atoms with E-state index in [9.17, 15) is 4.79 Å². The van der Waals surface area contributed by atoms with Crippen LogP contribution >= 0.6 is 0 Å². The topological polar surface area (TPSA) is 47.4 Å². The van der Waals surface area contributed by atoms with E-state index in [4.69, 9.17) is 4.74 Å². The van der Waals surface area contributed by atoms with E-state index in [1.165, 1.54) is 0 Å². The summed E-state index contributed by atoms with van der Waals surface area (Å²) in [5, 5.41) is 4.21. The first-order valence-electron chi connectivity index (χ1n) is 7.57. The normalized spacial score (nSPS) is 19.3. The first-order chi connectivity index (χ1) is 9.69. The lowest BCUT2D eigenvalue weighted by Gasteiger charge is -2.32. The van der Waals surface area contributed by atoms with Crippen molar-refractivity contribution in [1.82, 2.24) is 14.7 Å². The van der Waals surface area contributed by atoms with Gasteiger partial charge in [0.2, 0.25) is 5.91 Å². The number of hydrogen-bond acceptors (Lipinski definition) is 3. The first-order valence-corrected chi connectivity index (χ1v) is 7.57. The largest absolute Gasteiger partial charge is 0.376 e. The predicted octanol–water partition coefficient (Wildman–Crippen LogP) is 2.00. The smallest absolute Gasteiger partial charge is 0.224 e. The number of aryl methyl sites for hydroxylation is 2. The molecule has 2 heterocycles. The zero-order chi connectivity index (χ0) is 14.4. The van der Waals surface area contributed by atoms with Crippen LogP contribution in [-0.2, 0) is 16.1 Å². The highest BCUT2D eigenvalue weighted by atomic mass is 16.5. The SMILES string of the molecule is CCCO[C@H]1CCCN(C(=O)CCn2cc(C)cn2)C1. The van der Waals surface area contributed by atoms with Crippen molar-refractivity contribution in [2.24, 2.45) is 0 Å². The molecule has 1 saturated heterocycles. The second kappa shape index (κ2) is 7.43. The number of aromatic nitrogens is 2. The van der Waals surface area contributed by atoms with Crippen LogP contribution in [0, 0.1) is 6.92 Å². The maximum absolute atomic E-state index is 12.2. The van der Waals surface area contributed by atoms with Crippen molar-refractivity contribution in [3.8, 4) is 0 Å². The summed E-state index contributed by atoms with van der Waals surface area (Å²) >= 11 is 0. The summed E-state index contributed by atoms with van der Waals surface area (Å²) in [6.45, 7) is 7.17. The van der Waals surface area contributed by atoms with Gasteiger partial charge in [0.1, 0.15) is 0 Å². The number of hydrogen-bond donors (Lipinski definition) is 0. The minimum atomic E-state index is 0.211. The molecule has 1 aromatic heterocycles. The van der Waals surface area contributed by atoms with Crippen LogP contribution in [0.2, 0.25) is 0 Å². The van der Waals surface area contributed by atoms with Gasteiger partial charge in [-0.2, -0.15) is 5.10 Å². The van der Waals surface area contributed by atoms with Crippen molar-refractivity contribution in [1.29, 1.82) is 0 Å². The van der Waals surface area contributed by atoms with Crippen molar-refractivity contribution in [2.75, 3.05) is 19.7 Å². The summed E-state index contributed by atoms with van der Waals surface area (Å²) in [6, 6.07) is 0. The third-order valence-corrected chi connectivity index (χ3v) is 3.61. The molecule has 0 spiro atoms. The molecule has 0 aliphatic carbocycles. The Morgan fingerprint density at radius 3 is 3.10 bits per heavy atom. The Balaban J connectivity index is 1.76. The Hall–Kier alpha value is -1.36. The number of nitrogens with zero attached hydrogens (tertiary/aromatic N) is 3. The molecule has 1 aliphatic rings. The molecular formula is C15H25N3O2. The predicted molar refractivity (Wildman–Crippen MR) is 77.4 cm³/mol. The highest BCUT2D eigenvalue weighted by Crippen LogP contribution is 2.14. The van der Waals surface area contributed by atoms with Gasteiger partial charge in [-0.3, -0.25) is 9.48 Å². The fourth-order valence-corrected chi connectivity index (χ4v) is 2.54. The van der Waals surface area contributed by atoms with E-state index in [1.54, 1.807) is 0 Å². The van der Waals surface area contributed by atoms with Crippen LogP contribution in [0.15, 0.2) is 12.4 Å². The van der Waals surface area contributed by atoms with Gasteiger partial charge in [-0.15, -0.1) is 0 Å². The van der Waals surface area contributed by atoms with Gasteiger partial charge in [0.05, 0.1) is 12.3 Å². The molecule has 1 aromatic rings. The Labute approximate surface area is 120 Å². The van der Waals surface area contributed by atoms with Crippen LogP contribution in [0.1, 0.15) is 38.2 Å². The molecule has 1 atom stereocenters. The molecule has 0 unspecified atom stereocenters. The molecule has 2 rings (SSSR count). The molecule has 0 bridgehead atoms. The molecule has 0 saturated carbocycles. The standard InChI is InChI=1S/C15H25N3O2/c1-3-9-20-14-5-4-7-17(12-14)15(19)6-8-18-11-13(2)10-16-18/h10-11,14H,3-9,12H2,1-2H3/t14-/m0/s1. The number of piperidine rings is 1. The molecule has 1 fully saturated rings. The summed E-state index contributed by atoms with van der Waals surface area (Å²) in [5.41, 5.74) is 1.13. The van der Waals surface area contributed by atoms with Crippen LogP contribution in [0.3, 0.4) is 0 Å². The summed E-state index contributed by atoms with van der Waals surface area (Å²) in [5.74, 6) is 0.211. The Morgan fingerprint density at radius 2 is 2.40 bits per heavy atom. The minimum absolute atomic E-state index is 0.211. The fourth-order valence-electron chi connectivity index (χ4n) is 2.54. The van der Waals surface area contributed by atoms with Crippen LogP contribution in [0.4, 0.5) is 0 Å². The van der Waals surface area contributed by atoms with E-state index < -0.39 is 0 Å². The van der Waals surface area contributed by atoms with Crippen LogP contribution in [0.25, 0.3) is 0 Å². The van der Waals surface area contributed by atoms with Crippen LogP contribution < -0.4 is 0 Å². The second-order valence-corrected chi connectivity index (χ2v) is 5.51. The molecule has 1 aliphatic heterocycles. The van der Waals surface area contributed by atoms with Crippen molar-refractivity contribution in [3.05, 3.63) is 18.0 Å². The molecule has 5 nitrogen and oxygen atoms in total. The third-order valence-electron chi connectivity index (χ3n) is 3.61. The van der Waals surface area contributed by atoms with Crippen molar-refractivity contribution >= 4 is 5.91 Å². The summed E-state index contributed by atoms with van der Waals surface area (Å²) in [4.78, 5) is 14.2. The van der Waals surface area contributed by atoms with E-state index in [-0.39, 0.29) is 12.0 Å². The maximum atomic E-state index is 12.2. The van der Waals surface area contributed by atoms with Gasteiger partial charge in [0.25, 0.3) is 0 Å². The minimum Gasteiger partial charge on any atom is -0.376 e. The highest BCUT2D eigenvalue weighted by molar-refractivity contribution is 5.76. The van der Waals surface area contributed by atoms with Crippen molar-refractivity contribution < 1.29 is 9.53 Å². The number of ether oxygens (including phenoxy) is 1. The van der Waals surface area contributed by atoms with Gasteiger partial charge < -0.3 is 9.64 Å².